The van der Waals surface area contributed by atoms with Gasteiger partial charge in [0.1, 0.15) is 5.75 Å². The molecule has 0 bridgehead atoms. The van der Waals surface area contributed by atoms with Crippen molar-refractivity contribution in [3.8, 4) is 5.75 Å². The number of hydrazone groups is 1. The molecule has 0 saturated carbocycles. The minimum Gasteiger partial charge on any atom is -0.423 e. The van der Waals surface area contributed by atoms with Gasteiger partial charge in [0.2, 0.25) is 5.91 Å². The van der Waals surface area contributed by atoms with E-state index in [-0.39, 0.29) is 12.5 Å². The lowest BCUT2D eigenvalue weighted by atomic mass is 10.1. The van der Waals surface area contributed by atoms with Gasteiger partial charge in [-0.3, -0.25) is 9.59 Å². The zero-order valence-electron chi connectivity index (χ0n) is 20.9. The first-order valence-electron chi connectivity index (χ1n) is 12.6. The number of halogens is 1. The molecule has 2 amide bonds. The van der Waals surface area contributed by atoms with Crippen molar-refractivity contribution in [2.75, 3.05) is 6.54 Å². The Morgan fingerprint density at radius 2 is 1.50 bits per heavy atom. The maximum absolute atomic E-state index is 12.3. The molecular formula is C28H36IN3O4. The van der Waals surface area contributed by atoms with Gasteiger partial charge >= 0.3 is 5.97 Å². The molecule has 2 rings (SSSR count). The Morgan fingerprint density at radius 1 is 0.861 bits per heavy atom. The number of nitrogens with one attached hydrogen (secondary N) is 2. The van der Waals surface area contributed by atoms with Crippen LogP contribution in [0.5, 0.6) is 5.75 Å². The highest BCUT2D eigenvalue weighted by Crippen LogP contribution is 2.17. The number of esters is 1. The highest BCUT2D eigenvalue weighted by molar-refractivity contribution is 14.1. The lowest BCUT2D eigenvalue weighted by Crippen LogP contribution is -2.34. The molecule has 0 atom stereocenters. The summed E-state index contributed by atoms with van der Waals surface area (Å²) in [6.45, 7) is 2.11. The summed E-state index contributed by atoms with van der Waals surface area (Å²) in [7, 11) is 0. The van der Waals surface area contributed by atoms with Crippen LogP contribution in [0.4, 0.5) is 0 Å². The summed E-state index contributed by atoms with van der Waals surface area (Å²) >= 11 is 2.09. The number of benzene rings is 2. The minimum atomic E-state index is -0.423. The summed E-state index contributed by atoms with van der Waals surface area (Å²) < 4.78 is 6.22. The number of hydrogen-bond donors (Lipinski definition) is 2. The number of unbranched alkanes of at least 4 members (excludes halogenated alkanes) is 8. The predicted octanol–water partition coefficient (Wildman–Crippen LogP) is 6.00. The van der Waals surface area contributed by atoms with E-state index in [9.17, 15) is 14.4 Å². The fourth-order valence-electron chi connectivity index (χ4n) is 3.49. The summed E-state index contributed by atoms with van der Waals surface area (Å²) in [4.78, 5) is 36.1. The number of carbonyl (C=O) groups is 3. The Hall–Kier alpha value is -2.75. The topological polar surface area (TPSA) is 96.9 Å². The van der Waals surface area contributed by atoms with Crippen LogP contribution in [-0.2, 0) is 9.59 Å². The van der Waals surface area contributed by atoms with Crippen molar-refractivity contribution < 1.29 is 19.1 Å². The SMILES string of the molecule is CCCCCCCCCCCC(=O)NCC(=O)N/N=C/c1ccc(OC(=O)c2ccccc2I)cc1. The first-order chi connectivity index (χ1) is 17.5. The molecule has 2 N–H and O–H groups in total. The quantitative estimate of drug-likeness (QED) is 0.0613. The van der Waals surface area contributed by atoms with Crippen LogP contribution in [0.15, 0.2) is 53.6 Å². The van der Waals surface area contributed by atoms with Crippen molar-refractivity contribution in [3.05, 3.63) is 63.2 Å². The Labute approximate surface area is 227 Å². The van der Waals surface area contributed by atoms with Gasteiger partial charge < -0.3 is 10.1 Å². The summed E-state index contributed by atoms with van der Waals surface area (Å²) in [6.07, 6.45) is 12.7. The number of hydrogen-bond acceptors (Lipinski definition) is 5. The molecule has 0 heterocycles. The standard InChI is InChI=1S/C28H36IN3O4/c1-2-3-4-5-6-7-8-9-10-15-26(33)30-21-27(34)32-31-20-22-16-18-23(19-17-22)36-28(35)24-13-11-12-14-25(24)29/h11-14,16-20H,2-10,15,21H2,1H3,(H,30,33)(H,32,34)/b31-20+. The van der Waals surface area contributed by atoms with Crippen LogP contribution in [0.1, 0.15) is 87.1 Å². The molecule has 0 unspecified atom stereocenters. The molecule has 0 spiro atoms. The second kappa shape index (κ2) is 17.6. The molecule has 194 valence electrons. The van der Waals surface area contributed by atoms with Crippen molar-refractivity contribution in [1.82, 2.24) is 10.7 Å². The van der Waals surface area contributed by atoms with Crippen LogP contribution in [0, 0.1) is 3.57 Å². The first-order valence-corrected chi connectivity index (χ1v) is 13.7. The van der Waals surface area contributed by atoms with Gasteiger partial charge in [0.05, 0.1) is 18.3 Å². The average molecular weight is 606 g/mol. The first kappa shape index (κ1) is 29.5. The Kier molecular flexibility index (Phi) is 14.4. The van der Waals surface area contributed by atoms with E-state index in [4.69, 9.17) is 4.74 Å². The third kappa shape index (κ3) is 12.3. The predicted molar refractivity (Wildman–Crippen MR) is 151 cm³/mol. The maximum Gasteiger partial charge on any atom is 0.344 e. The van der Waals surface area contributed by atoms with E-state index in [1.807, 2.05) is 12.1 Å². The van der Waals surface area contributed by atoms with Crippen LogP contribution in [-0.4, -0.2) is 30.5 Å². The molecule has 2 aromatic rings. The number of rotatable bonds is 16. The number of amides is 2. The van der Waals surface area contributed by atoms with Gasteiger partial charge in [-0.05, 0) is 71.0 Å². The highest BCUT2D eigenvalue weighted by Gasteiger charge is 2.11. The van der Waals surface area contributed by atoms with Crippen LogP contribution in [0.25, 0.3) is 0 Å². The van der Waals surface area contributed by atoms with Crippen LogP contribution >= 0.6 is 22.6 Å². The molecule has 0 radical (unpaired) electrons. The van der Waals surface area contributed by atoms with Gasteiger partial charge in [-0.15, -0.1) is 0 Å². The molecule has 8 heteroatoms. The third-order valence-electron chi connectivity index (χ3n) is 5.54. The van der Waals surface area contributed by atoms with Crippen molar-refractivity contribution >= 4 is 46.6 Å². The highest BCUT2D eigenvalue weighted by atomic mass is 127. The lowest BCUT2D eigenvalue weighted by molar-refractivity contribution is -0.126. The maximum atomic E-state index is 12.3. The number of carbonyl (C=O) groups excluding carboxylic acids is 3. The molecule has 0 aliphatic rings. The van der Waals surface area contributed by atoms with E-state index < -0.39 is 11.9 Å². The zero-order valence-corrected chi connectivity index (χ0v) is 23.1. The second-order valence-electron chi connectivity index (χ2n) is 8.59. The molecule has 36 heavy (non-hydrogen) atoms. The number of nitrogens with zero attached hydrogens (tertiary/aromatic N) is 1. The smallest absolute Gasteiger partial charge is 0.344 e. The van der Waals surface area contributed by atoms with Crippen molar-refractivity contribution in [1.29, 1.82) is 0 Å². The largest absolute Gasteiger partial charge is 0.423 e. The Bertz CT molecular complexity index is 993. The van der Waals surface area contributed by atoms with Crippen molar-refractivity contribution in [2.45, 2.75) is 71.1 Å². The van der Waals surface area contributed by atoms with E-state index in [0.717, 1.165) is 28.4 Å². The van der Waals surface area contributed by atoms with Crippen LogP contribution in [0.3, 0.4) is 0 Å². The monoisotopic (exact) mass is 605 g/mol. The molecule has 7 nitrogen and oxygen atoms in total. The number of ether oxygens (including phenoxy) is 1. The van der Waals surface area contributed by atoms with Gasteiger partial charge in [0.25, 0.3) is 5.91 Å². The molecule has 0 aromatic heterocycles. The van der Waals surface area contributed by atoms with E-state index in [1.54, 1.807) is 36.4 Å². The Morgan fingerprint density at radius 3 is 2.17 bits per heavy atom. The van der Waals surface area contributed by atoms with Crippen molar-refractivity contribution in [3.63, 3.8) is 0 Å². The minimum absolute atomic E-state index is 0.110. The molecule has 0 fully saturated rings. The van der Waals surface area contributed by atoms with Crippen molar-refractivity contribution in [2.24, 2.45) is 5.10 Å². The van der Waals surface area contributed by atoms with E-state index in [0.29, 0.717) is 17.7 Å². The summed E-state index contributed by atoms with van der Waals surface area (Å²) in [5, 5.41) is 6.53. The van der Waals surface area contributed by atoms with E-state index >= 15 is 0 Å². The van der Waals surface area contributed by atoms with Gasteiger partial charge in [-0.1, -0.05) is 70.4 Å². The molecule has 2 aromatic carbocycles. The normalized spacial score (nSPS) is 10.8. The van der Waals surface area contributed by atoms with Gasteiger partial charge in [-0.2, -0.15) is 5.10 Å². The summed E-state index contributed by atoms with van der Waals surface area (Å²) in [6, 6.07) is 14.0. The molecule has 0 aliphatic heterocycles. The fourth-order valence-corrected chi connectivity index (χ4v) is 4.10. The average Bonchev–Trinajstić information content (AvgIpc) is 2.87. The van der Waals surface area contributed by atoms with Gasteiger partial charge in [0, 0.05) is 9.99 Å². The second-order valence-corrected chi connectivity index (χ2v) is 9.75. The van der Waals surface area contributed by atoms with Gasteiger partial charge in [-0.25, -0.2) is 10.2 Å². The van der Waals surface area contributed by atoms with E-state index in [2.05, 4.69) is 45.4 Å². The third-order valence-corrected chi connectivity index (χ3v) is 6.48. The molecule has 0 saturated heterocycles. The fraction of sp³-hybridized carbons (Fsp3) is 0.429. The molecular weight excluding hydrogens is 569 g/mol. The van der Waals surface area contributed by atoms with Crippen LogP contribution < -0.4 is 15.5 Å². The Balaban J connectivity index is 1.59. The lowest BCUT2D eigenvalue weighted by Gasteiger charge is -2.06. The van der Waals surface area contributed by atoms with E-state index in [1.165, 1.54) is 44.7 Å². The summed E-state index contributed by atoms with van der Waals surface area (Å²) in [5.41, 5.74) is 3.62. The van der Waals surface area contributed by atoms with Gasteiger partial charge in [0.15, 0.2) is 0 Å². The zero-order chi connectivity index (χ0) is 26.0. The van der Waals surface area contributed by atoms with Crippen LogP contribution in [0.2, 0.25) is 0 Å². The summed E-state index contributed by atoms with van der Waals surface area (Å²) in [5.74, 6) is -0.522. The molecule has 0 aliphatic carbocycles.